The molecule has 0 aliphatic carbocycles. The molecule has 1 N–H and O–H groups in total. The van der Waals surface area contributed by atoms with E-state index in [0.29, 0.717) is 15.8 Å². The van der Waals surface area contributed by atoms with E-state index in [0.717, 1.165) is 0 Å². The van der Waals surface area contributed by atoms with Crippen LogP contribution < -0.4 is 4.74 Å². The quantitative estimate of drug-likeness (QED) is 0.816. The summed E-state index contributed by atoms with van der Waals surface area (Å²) in [5, 5.41) is 0.772. The van der Waals surface area contributed by atoms with E-state index >= 15 is 0 Å². The van der Waals surface area contributed by atoms with Crippen molar-refractivity contribution in [1.82, 2.24) is 0 Å². The molecule has 0 amide bonds. The Morgan fingerprint density at radius 2 is 1.82 bits per heavy atom. The number of hydrogen-bond acceptors (Lipinski definition) is 4. The van der Waals surface area contributed by atoms with E-state index in [1.807, 2.05) is 0 Å². The van der Waals surface area contributed by atoms with Crippen LogP contribution in [-0.2, 0) is 13.9 Å². The predicted octanol–water partition coefficient (Wildman–Crippen LogP) is 2.34. The van der Waals surface area contributed by atoms with Gasteiger partial charge >= 0.3 is 8.25 Å². The average molecular weight is 299 g/mol. The van der Waals surface area contributed by atoms with Crippen LogP contribution in [-0.4, -0.2) is 23.9 Å². The van der Waals surface area contributed by atoms with E-state index in [9.17, 15) is 9.36 Å². The van der Waals surface area contributed by atoms with Crippen molar-refractivity contribution in [1.29, 1.82) is 0 Å². The maximum Gasteiger partial charge on any atom is 0.317 e. The van der Waals surface area contributed by atoms with Crippen LogP contribution in [0.3, 0.4) is 0 Å². The van der Waals surface area contributed by atoms with Gasteiger partial charge in [-0.1, -0.05) is 23.2 Å². The third-order valence-electron chi connectivity index (χ3n) is 1.59. The van der Waals surface area contributed by atoms with Gasteiger partial charge in [0.2, 0.25) is 0 Å². The summed E-state index contributed by atoms with van der Waals surface area (Å²) >= 11 is 11.4. The molecule has 0 aliphatic heterocycles. The zero-order valence-corrected chi connectivity index (χ0v) is 11.0. The molecule has 0 heterocycles. The molecule has 0 radical (unpaired) electrons. The monoisotopic (exact) mass is 298 g/mol. The van der Waals surface area contributed by atoms with Crippen LogP contribution >= 0.6 is 31.5 Å². The lowest BCUT2D eigenvalue weighted by atomic mass is 10.3. The van der Waals surface area contributed by atoms with Gasteiger partial charge < -0.3 is 14.2 Å². The van der Waals surface area contributed by atoms with E-state index in [-0.39, 0.29) is 6.61 Å². The van der Waals surface area contributed by atoms with Crippen molar-refractivity contribution in [2.24, 2.45) is 0 Å². The first-order valence-electron chi connectivity index (χ1n) is 4.43. The van der Waals surface area contributed by atoms with Gasteiger partial charge in [-0.05, 0) is 18.2 Å². The molecule has 0 fully saturated rings. The summed E-state index contributed by atoms with van der Waals surface area (Å²) in [6.07, 6.45) is 0. The number of Topliss-reactive ketones (excluding diaryl/α,β-unsaturated/α-hetero) is 1. The SMILES string of the molecule is O=C(COc1cc(Cl)cc(Cl)c1)CO[PH](=O)O. The maximum absolute atomic E-state index is 11.1. The largest absolute Gasteiger partial charge is 0.486 e. The summed E-state index contributed by atoms with van der Waals surface area (Å²) in [5.74, 6) is -0.124. The fraction of sp³-hybridized carbons (Fsp3) is 0.222. The van der Waals surface area contributed by atoms with Crippen molar-refractivity contribution in [3.8, 4) is 5.75 Å². The van der Waals surface area contributed by atoms with Crippen molar-refractivity contribution < 1.29 is 23.5 Å². The first kappa shape index (κ1) is 14.5. The number of carbonyl (C=O) groups excluding carboxylic acids is 1. The van der Waals surface area contributed by atoms with E-state index < -0.39 is 20.6 Å². The first-order valence-corrected chi connectivity index (χ1v) is 6.45. The number of hydrogen-bond donors (Lipinski definition) is 1. The number of halogens is 2. The lowest BCUT2D eigenvalue weighted by Crippen LogP contribution is -2.15. The summed E-state index contributed by atoms with van der Waals surface area (Å²) in [6.45, 7) is -0.756. The number of carbonyl (C=O) groups is 1. The summed E-state index contributed by atoms with van der Waals surface area (Å²) < 4.78 is 19.6. The highest BCUT2D eigenvalue weighted by Crippen LogP contribution is 2.24. The Labute approximate surface area is 108 Å². The Balaban J connectivity index is 2.44. The average Bonchev–Trinajstić information content (AvgIpc) is 2.22. The highest BCUT2D eigenvalue weighted by Gasteiger charge is 2.06. The van der Waals surface area contributed by atoms with E-state index in [1.54, 1.807) is 0 Å². The van der Waals surface area contributed by atoms with E-state index in [4.69, 9.17) is 32.8 Å². The van der Waals surface area contributed by atoms with Gasteiger partial charge in [0, 0.05) is 10.0 Å². The van der Waals surface area contributed by atoms with Gasteiger partial charge in [-0.2, -0.15) is 0 Å². The Hall–Kier alpha value is -0.580. The minimum Gasteiger partial charge on any atom is -0.486 e. The molecule has 0 aliphatic rings. The molecular formula is C9H9Cl2O5P. The molecule has 1 aromatic carbocycles. The molecule has 0 spiro atoms. The fourth-order valence-electron chi connectivity index (χ4n) is 0.960. The number of benzene rings is 1. The molecule has 1 aromatic rings. The van der Waals surface area contributed by atoms with Crippen LogP contribution in [0.5, 0.6) is 5.75 Å². The zero-order chi connectivity index (χ0) is 12.8. The second kappa shape index (κ2) is 6.99. The lowest BCUT2D eigenvalue weighted by Gasteiger charge is -2.06. The maximum atomic E-state index is 11.1. The molecule has 17 heavy (non-hydrogen) atoms. The second-order valence-electron chi connectivity index (χ2n) is 2.99. The highest BCUT2D eigenvalue weighted by molar-refractivity contribution is 7.32. The lowest BCUT2D eigenvalue weighted by molar-refractivity contribution is -0.123. The highest BCUT2D eigenvalue weighted by atomic mass is 35.5. The molecular weight excluding hydrogens is 290 g/mol. The number of ether oxygens (including phenoxy) is 1. The Kier molecular flexibility index (Phi) is 5.95. The van der Waals surface area contributed by atoms with Crippen LogP contribution in [0.4, 0.5) is 0 Å². The molecule has 0 saturated heterocycles. The van der Waals surface area contributed by atoms with E-state index in [1.165, 1.54) is 18.2 Å². The zero-order valence-electron chi connectivity index (χ0n) is 8.48. The molecule has 0 saturated carbocycles. The van der Waals surface area contributed by atoms with E-state index in [2.05, 4.69) is 4.52 Å². The number of rotatable bonds is 6. The Morgan fingerprint density at radius 3 is 2.35 bits per heavy atom. The van der Waals surface area contributed by atoms with Crippen molar-refractivity contribution in [3.63, 3.8) is 0 Å². The molecule has 94 valence electrons. The van der Waals surface area contributed by atoms with Crippen LogP contribution in [0.1, 0.15) is 0 Å². The summed E-state index contributed by atoms with van der Waals surface area (Å²) in [6, 6.07) is 4.52. The van der Waals surface area contributed by atoms with Gasteiger partial charge in [-0.15, -0.1) is 0 Å². The van der Waals surface area contributed by atoms with Gasteiger partial charge in [0.15, 0.2) is 5.78 Å². The van der Waals surface area contributed by atoms with Gasteiger partial charge in [0.05, 0.1) is 0 Å². The Bertz CT molecular complexity index is 417. The van der Waals surface area contributed by atoms with Crippen molar-refractivity contribution >= 4 is 37.2 Å². The first-order chi connectivity index (χ1) is 7.97. The second-order valence-corrected chi connectivity index (χ2v) is 4.68. The molecule has 0 bridgehead atoms. The Morgan fingerprint density at radius 1 is 1.24 bits per heavy atom. The predicted molar refractivity (Wildman–Crippen MR) is 64.1 cm³/mol. The molecule has 1 atom stereocenters. The molecule has 1 rings (SSSR count). The minimum atomic E-state index is -3.09. The van der Waals surface area contributed by atoms with Gasteiger partial charge in [0.1, 0.15) is 19.0 Å². The minimum absolute atomic E-state index is 0.286. The molecule has 8 heteroatoms. The smallest absolute Gasteiger partial charge is 0.317 e. The van der Waals surface area contributed by atoms with Crippen molar-refractivity contribution in [3.05, 3.63) is 28.2 Å². The molecule has 5 nitrogen and oxygen atoms in total. The van der Waals surface area contributed by atoms with Gasteiger partial charge in [0.25, 0.3) is 0 Å². The topological polar surface area (TPSA) is 72.8 Å². The van der Waals surface area contributed by atoms with Crippen molar-refractivity contribution in [2.75, 3.05) is 13.2 Å². The van der Waals surface area contributed by atoms with Crippen molar-refractivity contribution in [2.45, 2.75) is 0 Å². The van der Waals surface area contributed by atoms with Crippen LogP contribution in [0.15, 0.2) is 18.2 Å². The van der Waals surface area contributed by atoms with Crippen LogP contribution in [0.25, 0.3) is 0 Å². The third kappa shape index (κ3) is 6.05. The van der Waals surface area contributed by atoms with Crippen LogP contribution in [0.2, 0.25) is 10.0 Å². The summed E-state index contributed by atoms with van der Waals surface area (Å²) in [5.41, 5.74) is 0. The summed E-state index contributed by atoms with van der Waals surface area (Å²) in [4.78, 5) is 19.5. The standard InChI is InChI=1S/C9H9Cl2O5P/c10-6-1-7(11)3-9(2-6)15-4-8(12)5-16-17(13)14/h1-3,17H,4-5H2,(H,13,14). The van der Waals surface area contributed by atoms with Gasteiger partial charge in [-0.25, -0.2) is 0 Å². The third-order valence-corrected chi connectivity index (χ3v) is 2.42. The van der Waals surface area contributed by atoms with Gasteiger partial charge in [-0.3, -0.25) is 9.36 Å². The summed E-state index contributed by atoms with van der Waals surface area (Å²) in [7, 11) is -3.09. The number of ketones is 1. The fourth-order valence-corrected chi connectivity index (χ4v) is 1.75. The normalized spacial score (nSPS) is 12.2. The molecule has 0 aromatic heterocycles. The van der Waals surface area contributed by atoms with Crippen LogP contribution in [0, 0.1) is 0 Å². The molecule has 1 unspecified atom stereocenters.